The lowest BCUT2D eigenvalue weighted by atomic mass is 9.93. The third-order valence-corrected chi connectivity index (χ3v) is 6.51. The molecule has 0 radical (unpaired) electrons. The molecule has 3 amide bonds. The molecule has 3 aromatic carbocycles. The van der Waals surface area contributed by atoms with Crippen LogP contribution in [0, 0.1) is 12.7 Å². The molecule has 3 aromatic rings. The van der Waals surface area contributed by atoms with Gasteiger partial charge in [-0.05, 0) is 48.4 Å². The lowest BCUT2D eigenvalue weighted by molar-refractivity contribution is -0.123. The maximum atomic E-state index is 14.4. The van der Waals surface area contributed by atoms with Crippen molar-refractivity contribution in [1.82, 2.24) is 15.1 Å². The fourth-order valence-electron chi connectivity index (χ4n) is 4.64. The van der Waals surface area contributed by atoms with Gasteiger partial charge in [-0.25, -0.2) is 9.18 Å². The molecule has 178 valence electrons. The van der Waals surface area contributed by atoms with Crippen LogP contribution in [-0.4, -0.2) is 47.2 Å². The molecule has 2 aliphatic rings. The first-order valence-corrected chi connectivity index (χ1v) is 11.8. The van der Waals surface area contributed by atoms with E-state index in [1.165, 1.54) is 17.0 Å². The highest BCUT2D eigenvalue weighted by molar-refractivity contribution is 6.30. The van der Waals surface area contributed by atoms with Crippen LogP contribution in [0.2, 0.25) is 5.02 Å². The first-order chi connectivity index (χ1) is 16.9. The number of rotatable bonds is 3. The predicted octanol–water partition coefficient (Wildman–Crippen LogP) is 4.88. The number of hydrogen-bond donors (Lipinski definition) is 1. The van der Waals surface area contributed by atoms with Gasteiger partial charge in [-0.1, -0.05) is 59.6 Å². The molecule has 2 atom stereocenters. The fraction of sp³-hybridized carbons (Fsp3) is 0.222. The van der Waals surface area contributed by atoms with Gasteiger partial charge in [0.2, 0.25) is 5.91 Å². The van der Waals surface area contributed by atoms with Crippen LogP contribution >= 0.6 is 11.6 Å². The van der Waals surface area contributed by atoms with Crippen molar-refractivity contribution in [3.05, 3.63) is 106 Å². The number of nitrogens with one attached hydrogen (secondary N) is 1. The molecule has 0 spiro atoms. The summed E-state index contributed by atoms with van der Waals surface area (Å²) in [5.74, 6) is -0.126. The number of nitrogens with zero attached hydrogens (tertiary/aromatic N) is 3. The molecule has 1 fully saturated rings. The maximum absolute atomic E-state index is 14.4. The first-order valence-electron chi connectivity index (χ1n) is 11.4. The van der Waals surface area contributed by atoms with E-state index in [-0.39, 0.29) is 18.5 Å². The highest BCUT2D eigenvalue weighted by Crippen LogP contribution is 2.44. The molecule has 1 N–H and O–H groups in total. The van der Waals surface area contributed by atoms with Gasteiger partial charge in [-0.2, -0.15) is 0 Å². The van der Waals surface area contributed by atoms with Crippen molar-refractivity contribution in [1.29, 1.82) is 0 Å². The maximum Gasteiger partial charge on any atom is 0.326 e. The van der Waals surface area contributed by atoms with Gasteiger partial charge in [0.05, 0.1) is 6.04 Å². The number of carbonyl (C=O) groups is 2. The van der Waals surface area contributed by atoms with Gasteiger partial charge in [0.15, 0.2) is 0 Å². The third-order valence-electron chi connectivity index (χ3n) is 6.26. The Morgan fingerprint density at radius 3 is 2.54 bits per heavy atom. The highest BCUT2D eigenvalue weighted by Gasteiger charge is 2.44. The van der Waals surface area contributed by atoms with Crippen LogP contribution in [0.15, 0.2) is 77.8 Å². The van der Waals surface area contributed by atoms with Crippen molar-refractivity contribution in [2.45, 2.75) is 19.0 Å². The van der Waals surface area contributed by atoms with E-state index in [2.05, 4.69) is 5.32 Å². The normalized spacial score (nSPS) is 20.0. The number of carbonyl (C=O) groups excluding carboxylic acids is 2. The van der Waals surface area contributed by atoms with Crippen LogP contribution in [0.1, 0.15) is 34.3 Å². The zero-order valence-corrected chi connectivity index (χ0v) is 19.9. The number of aliphatic imine (C=N–C) groups is 1. The van der Waals surface area contributed by atoms with Crippen LogP contribution in [0.25, 0.3) is 0 Å². The number of aryl methyl sites for hydroxylation is 1. The fourth-order valence-corrected chi connectivity index (χ4v) is 4.76. The molecule has 1 saturated heterocycles. The smallest absolute Gasteiger partial charge is 0.326 e. The van der Waals surface area contributed by atoms with Crippen LogP contribution in [0.5, 0.6) is 0 Å². The van der Waals surface area contributed by atoms with Gasteiger partial charge in [0.1, 0.15) is 24.2 Å². The quantitative estimate of drug-likeness (QED) is 0.568. The summed E-state index contributed by atoms with van der Waals surface area (Å²) >= 11 is 6.13. The summed E-state index contributed by atoms with van der Waals surface area (Å²) in [4.78, 5) is 34.2. The number of amides is 3. The second-order valence-corrected chi connectivity index (χ2v) is 9.18. The van der Waals surface area contributed by atoms with Crippen molar-refractivity contribution in [3.63, 3.8) is 0 Å². The molecule has 0 bridgehead atoms. The molecule has 5 rings (SSSR count). The molecule has 0 saturated carbocycles. The van der Waals surface area contributed by atoms with E-state index in [9.17, 15) is 14.0 Å². The van der Waals surface area contributed by atoms with Gasteiger partial charge in [-0.3, -0.25) is 14.7 Å². The first kappa shape index (κ1) is 23.1. The summed E-state index contributed by atoms with van der Waals surface area (Å²) in [5, 5.41) is 3.34. The second-order valence-electron chi connectivity index (χ2n) is 8.74. The summed E-state index contributed by atoms with van der Waals surface area (Å²) in [6.07, 6.45) is 0. The Hall–Kier alpha value is -3.71. The number of urea groups is 1. The summed E-state index contributed by atoms with van der Waals surface area (Å²) in [6.45, 7) is 2.68. The number of hydrogen-bond acceptors (Lipinski definition) is 3. The number of benzene rings is 3. The lowest BCUT2D eigenvalue weighted by Crippen LogP contribution is -2.55. The van der Waals surface area contributed by atoms with Crippen molar-refractivity contribution in [2.24, 2.45) is 4.99 Å². The Kier molecular flexibility index (Phi) is 6.26. The minimum absolute atomic E-state index is 0.0437. The van der Waals surface area contributed by atoms with Gasteiger partial charge >= 0.3 is 6.03 Å². The molecule has 2 aliphatic heterocycles. The zero-order valence-electron chi connectivity index (χ0n) is 19.1. The summed E-state index contributed by atoms with van der Waals surface area (Å²) in [7, 11) is 0. The average Bonchev–Trinajstić information content (AvgIpc) is 3.25. The van der Waals surface area contributed by atoms with Gasteiger partial charge in [0.25, 0.3) is 0 Å². The lowest BCUT2D eigenvalue weighted by Gasteiger charge is -2.35. The van der Waals surface area contributed by atoms with Crippen LogP contribution in [0.4, 0.5) is 9.18 Å². The molecular weight excluding hydrogens is 467 g/mol. The molecule has 6 nitrogen and oxygen atoms in total. The van der Waals surface area contributed by atoms with E-state index in [0.29, 0.717) is 29.5 Å². The Bertz CT molecular complexity index is 1310. The van der Waals surface area contributed by atoms with E-state index >= 15 is 0 Å². The van der Waals surface area contributed by atoms with Crippen LogP contribution < -0.4 is 5.32 Å². The predicted molar refractivity (Wildman–Crippen MR) is 133 cm³/mol. The third kappa shape index (κ3) is 4.64. The van der Waals surface area contributed by atoms with Crippen LogP contribution in [0.3, 0.4) is 0 Å². The van der Waals surface area contributed by atoms with Gasteiger partial charge < -0.3 is 10.2 Å². The van der Waals surface area contributed by atoms with Crippen molar-refractivity contribution in [3.8, 4) is 0 Å². The molecule has 0 aliphatic carbocycles. The molecular formula is C27H24ClFN4O2. The molecule has 35 heavy (non-hydrogen) atoms. The standard InChI is InChI=1S/C27H24ClFN4O2/c1-17-4-2-6-20(14-17)26-31-24(18-8-10-21(28)11-9-18)25(19-5-3-7-22(29)15-19)33(26)27(35)32-13-12-30-23(34)16-32/h2-11,14-15,24-25H,12-13,16H2,1H3,(H,30,34). The zero-order chi connectivity index (χ0) is 24.5. The topological polar surface area (TPSA) is 65.0 Å². The Morgan fingerprint density at radius 2 is 1.83 bits per heavy atom. The summed E-state index contributed by atoms with van der Waals surface area (Å²) in [5.41, 5.74) is 3.26. The van der Waals surface area contributed by atoms with Gasteiger partial charge in [-0.15, -0.1) is 0 Å². The second kappa shape index (κ2) is 9.50. The van der Waals surface area contributed by atoms with Crippen LogP contribution in [-0.2, 0) is 4.79 Å². The minimum atomic E-state index is -0.611. The largest absolute Gasteiger partial charge is 0.353 e. The molecule has 0 aromatic heterocycles. The van der Waals surface area contributed by atoms with Crippen molar-refractivity contribution < 1.29 is 14.0 Å². The Balaban J connectivity index is 1.67. The van der Waals surface area contributed by atoms with Crippen molar-refractivity contribution in [2.75, 3.05) is 19.6 Å². The Morgan fingerprint density at radius 1 is 1.06 bits per heavy atom. The number of piperazine rings is 1. The average molecular weight is 491 g/mol. The Labute approximate surface area is 208 Å². The van der Waals surface area contributed by atoms with E-state index < -0.39 is 17.9 Å². The van der Waals surface area contributed by atoms with E-state index in [4.69, 9.17) is 16.6 Å². The van der Waals surface area contributed by atoms with Gasteiger partial charge in [0, 0.05) is 23.7 Å². The molecule has 8 heteroatoms. The van der Waals surface area contributed by atoms with E-state index in [1.807, 2.05) is 43.3 Å². The van der Waals surface area contributed by atoms with E-state index in [1.54, 1.807) is 29.2 Å². The highest BCUT2D eigenvalue weighted by atomic mass is 35.5. The molecule has 2 heterocycles. The minimum Gasteiger partial charge on any atom is -0.353 e. The number of halogens is 2. The SMILES string of the molecule is Cc1cccc(C2=NC(c3ccc(Cl)cc3)C(c3cccc(F)c3)N2C(=O)N2CCNC(=O)C2)c1. The van der Waals surface area contributed by atoms with Crippen molar-refractivity contribution >= 4 is 29.4 Å². The summed E-state index contributed by atoms with van der Waals surface area (Å²) < 4.78 is 14.4. The monoisotopic (exact) mass is 490 g/mol. The summed E-state index contributed by atoms with van der Waals surface area (Å²) in [6, 6.07) is 19.9. The van der Waals surface area contributed by atoms with E-state index in [0.717, 1.165) is 16.7 Å². The number of amidine groups is 1. The molecule has 2 unspecified atom stereocenters.